The summed E-state index contributed by atoms with van der Waals surface area (Å²) in [7, 11) is 1.60. The molecule has 1 aliphatic carbocycles. The molecule has 242 valence electrons. The minimum absolute atomic E-state index is 0.0464. The van der Waals surface area contributed by atoms with E-state index in [0.29, 0.717) is 25.0 Å². The fourth-order valence-electron chi connectivity index (χ4n) is 5.89. The molecule has 11 heteroatoms. The van der Waals surface area contributed by atoms with Gasteiger partial charge in [-0.3, -0.25) is 14.4 Å². The van der Waals surface area contributed by atoms with Crippen LogP contribution in [-0.2, 0) is 38.6 Å². The molecule has 6 N–H and O–H groups in total. The van der Waals surface area contributed by atoms with Crippen LogP contribution < -0.4 is 26.4 Å². The lowest BCUT2D eigenvalue weighted by Crippen LogP contribution is -2.67. The average Bonchev–Trinajstić information content (AvgIpc) is 3.42. The van der Waals surface area contributed by atoms with Crippen molar-refractivity contribution in [2.45, 2.75) is 84.0 Å². The van der Waals surface area contributed by atoms with E-state index in [2.05, 4.69) is 20.9 Å². The van der Waals surface area contributed by atoms with Crippen molar-refractivity contribution in [1.29, 1.82) is 0 Å². The molecular formula is C34H45N5O6. The molecule has 0 saturated carbocycles. The number of hydrogen-bond donors (Lipinski definition) is 5. The lowest BCUT2D eigenvalue weighted by molar-refractivity contribution is -0.137. The molecule has 0 bridgehead atoms. The van der Waals surface area contributed by atoms with Crippen molar-refractivity contribution in [2.75, 3.05) is 7.11 Å². The van der Waals surface area contributed by atoms with E-state index < -0.39 is 41.4 Å². The summed E-state index contributed by atoms with van der Waals surface area (Å²) in [6.45, 7) is 7.57. The molecule has 11 nitrogen and oxygen atoms in total. The maximum atomic E-state index is 14.2. The van der Waals surface area contributed by atoms with E-state index in [1.807, 2.05) is 76.2 Å². The van der Waals surface area contributed by atoms with E-state index in [0.717, 1.165) is 27.7 Å². The van der Waals surface area contributed by atoms with Crippen LogP contribution in [0.15, 0.2) is 48.5 Å². The van der Waals surface area contributed by atoms with Crippen LogP contribution in [0.2, 0.25) is 0 Å². The smallest absolute Gasteiger partial charge is 0.408 e. The standard InChI is InChI=1S/C34H45N5O6/c1-6-20(3)27(30(35)40)37-32(42)34(17-16-25-24(18-34)23-14-11-15-26(44-5)29(23)36-25)39-31(41)28(21(4)7-2)38-33(43)45-19-22-12-9-8-10-13-22/h8-15,20-21,27-28,36H,6-7,16-19H2,1-5H3,(H2,35,40)(H,37,42)(H,38,43)(H,39,41)/t20-,21-,27-,28-,34+/m0/s1. The second-order valence-electron chi connectivity index (χ2n) is 12.0. The first-order valence-corrected chi connectivity index (χ1v) is 15.6. The quantitative estimate of drug-likeness (QED) is 0.195. The molecule has 1 heterocycles. The number of rotatable bonds is 13. The van der Waals surface area contributed by atoms with Crippen molar-refractivity contribution in [3.8, 4) is 5.75 Å². The SMILES string of the molecule is CC[C@H](C)[C@H](NC(=O)[C@@]1(NC(=O)[C@@H](NC(=O)OCc2ccccc2)[C@@H](C)CC)CCc2[nH]c3c(OC)cccc3c2C1)C(N)=O. The van der Waals surface area contributed by atoms with Gasteiger partial charge in [0.1, 0.15) is 30.0 Å². The van der Waals surface area contributed by atoms with E-state index in [1.165, 1.54) is 0 Å². The zero-order chi connectivity index (χ0) is 32.7. The van der Waals surface area contributed by atoms with Crippen LogP contribution in [0.4, 0.5) is 4.79 Å². The summed E-state index contributed by atoms with van der Waals surface area (Å²) >= 11 is 0. The van der Waals surface area contributed by atoms with E-state index in [4.69, 9.17) is 15.2 Å². The molecule has 4 rings (SSSR count). The first-order valence-electron chi connectivity index (χ1n) is 15.6. The number of amides is 4. The number of aromatic amines is 1. The van der Waals surface area contributed by atoms with E-state index in [-0.39, 0.29) is 31.3 Å². The zero-order valence-corrected chi connectivity index (χ0v) is 26.7. The molecule has 2 aromatic carbocycles. The fourth-order valence-corrected chi connectivity index (χ4v) is 5.89. The van der Waals surface area contributed by atoms with Gasteiger partial charge < -0.3 is 36.1 Å². The van der Waals surface area contributed by atoms with E-state index in [9.17, 15) is 19.2 Å². The summed E-state index contributed by atoms with van der Waals surface area (Å²) in [6.07, 6.45) is 1.32. The van der Waals surface area contributed by atoms with Gasteiger partial charge in [-0.2, -0.15) is 0 Å². The number of ether oxygens (including phenoxy) is 2. The minimum Gasteiger partial charge on any atom is -0.495 e. The van der Waals surface area contributed by atoms with Crippen molar-refractivity contribution >= 4 is 34.7 Å². The second kappa shape index (κ2) is 14.5. The highest BCUT2D eigenvalue weighted by Gasteiger charge is 2.46. The molecule has 0 spiro atoms. The average molecular weight is 620 g/mol. The number of aromatic nitrogens is 1. The highest BCUT2D eigenvalue weighted by molar-refractivity contribution is 5.98. The van der Waals surface area contributed by atoms with Crippen LogP contribution in [0.3, 0.4) is 0 Å². The predicted molar refractivity (Wildman–Crippen MR) is 171 cm³/mol. The van der Waals surface area contributed by atoms with Gasteiger partial charge in [0.15, 0.2) is 0 Å². The Labute approximate surface area is 264 Å². The molecule has 0 saturated heterocycles. The number of alkyl carbamates (subject to hydrolysis) is 1. The van der Waals surface area contributed by atoms with Gasteiger partial charge in [-0.15, -0.1) is 0 Å². The topological polar surface area (TPSA) is 165 Å². The largest absolute Gasteiger partial charge is 0.495 e. The molecule has 0 radical (unpaired) electrons. The summed E-state index contributed by atoms with van der Waals surface area (Å²) in [4.78, 5) is 57.0. The molecule has 5 atom stereocenters. The Bertz CT molecular complexity index is 1520. The molecule has 0 aliphatic heterocycles. The number of para-hydroxylation sites is 1. The van der Waals surface area contributed by atoms with Crippen LogP contribution in [-0.4, -0.2) is 53.5 Å². The summed E-state index contributed by atoms with van der Waals surface area (Å²) in [5.74, 6) is -1.49. The van der Waals surface area contributed by atoms with Crippen molar-refractivity contribution in [1.82, 2.24) is 20.9 Å². The lowest BCUT2D eigenvalue weighted by atomic mass is 9.78. The first-order chi connectivity index (χ1) is 21.5. The Morgan fingerprint density at radius 2 is 1.64 bits per heavy atom. The molecule has 0 fully saturated rings. The fraction of sp³-hybridized carbons (Fsp3) is 0.471. The number of fused-ring (bicyclic) bond motifs is 3. The zero-order valence-electron chi connectivity index (χ0n) is 26.7. The van der Waals surface area contributed by atoms with Crippen LogP contribution in [0.25, 0.3) is 10.9 Å². The molecule has 1 aliphatic rings. The molecule has 4 amide bonds. The van der Waals surface area contributed by atoms with Gasteiger partial charge in [0.05, 0.1) is 12.6 Å². The number of nitrogens with one attached hydrogen (secondary N) is 4. The number of carbonyl (C=O) groups is 4. The maximum Gasteiger partial charge on any atom is 0.408 e. The van der Waals surface area contributed by atoms with E-state index >= 15 is 0 Å². The predicted octanol–water partition coefficient (Wildman–Crippen LogP) is 3.88. The Morgan fingerprint density at radius 1 is 0.956 bits per heavy atom. The highest BCUT2D eigenvalue weighted by atomic mass is 16.5. The number of H-pyrrole nitrogens is 1. The maximum absolute atomic E-state index is 14.2. The number of nitrogens with two attached hydrogens (primary N) is 1. The third-order valence-corrected chi connectivity index (χ3v) is 9.08. The Hall–Kier alpha value is -4.54. The van der Waals surface area contributed by atoms with Crippen molar-refractivity contribution < 1.29 is 28.7 Å². The lowest BCUT2D eigenvalue weighted by Gasteiger charge is -2.39. The number of hydrogen-bond acceptors (Lipinski definition) is 6. The van der Waals surface area contributed by atoms with Gasteiger partial charge in [0.2, 0.25) is 17.7 Å². The molecule has 1 aromatic heterocycles. The minimum atomic E-state index is -1.43. The summed E-state index contributed by atoms with van der Waals surface area (Å²) < 4.78 is 11.0. The van der Waals surface area contributed by atoms with Crippen molar-refractivity contribution in [2.24, 2.45) is 17.6 Å². The van der Waals surface area contributed by atoms with Gasteiger partial charge in [-0.1, -0.05) is 83.0 Å². The Balaban J connectivity index is 1.65. The van der Waals surface area contributed by atoms with Crippen molar-refractivity contribution in [3.05, 3.63) is 65.4 Å². The normalized spacial score (nSPS) is 18.5. The Morgan fingerprint density at radius 3 is 2.29 bits per heavy atom. The van der Waals surface area contributed by atoms with Gasteiger partial charge in [0, 0.05) is 17.5 Å². The third kappa shape index (κ3) is 7.41. The van der Waals surface area contributed by atoms with Gasteiger partial charge in [-0.05, 0) is 41.9 Å². The highest BCUT2D eigenvalue weighted by Crippen LogP contribution is 2.37. The van der Waals surface area contributed by atoms with Gasteiger partial charge >= 0.3 is 6.09 Å². The number of aryl methyl sites for hydroxylation is 1. The summed E-state index contributed by atoms with van der Waals surface area (Å²) in [5.41, 5.74) is 7.73. The number of methoxy groups -OCH3 is 1. The molecule has 0 unspecified atom stereocenters. The second-order valence-corrected chi connectivity index (χ2v) is 12.0. The summed E-state index contributed by atoms with van der Waals surface area (Å²) in [6, 6.07) is 13.0. The van der Waals surface area contributed by atoms with Crippen LogP contribution >= 0.6 is 0 Å². The third-order valence-electron chi connectivity index (χ3n) is 9.08. The molecule has 3 aromatic rings. The van der Waals surface area contributed by atoms with E-state index in [1.54, 1.807) is 7.11 Å². The van der Waals surface area contributed by atoms with Gasteiger partial charge in [-0.25, -0.2) is 4.79 Å². The van der Waals surface area contributed by atoms with Crippen molar-refractivity contribution in [3.63, 3.8) is 0 Å². The number of primary amides is 1. The molecular weight excluding hydrogens is 574 g/mol. The Kier molecular flexibility index (Phi) is 10.7. The van der Waals surface area contributed by atoms with Crippen LogP contribution in [0, 0.1) is 11.8 Å². The summed E-state index contributed by atoms with van der Waals surface area (Å²) in [5, 5.41) is 9.50. The monoisotopic (exact) mass is 619 g/mol. The first kappa shape index (κ1) is 33.4. The number of benzene rings is 2. The van der Waals surface area contributed by atoms with Crippen LogP contribution in [0.5, 0.6) is 5.75 Å². The van der Waals surface area contributed by atoms with Crippen LogP contribution in [0.1, 0.15) is 63.8 Å². The molecule has 45 heavy (non-hydrogen) atoms. The number of carbonyl (C=O) groups excluding carboxylic acids is 4. The van der Waals surface area contributed by atoms with Gasteiger partial charge in [0.25, 0.3) is 0 Å².